The number of hydrogen-bond acceptors (Lipinski definition) is 6. The third kappa shape index (κ3) is 6.17. The molecule has 3 N–H and O–H groups in total. The standard InChI is InChI=1S/C22H30F2N4O5/c1-13(2)11-28(14-4-3-5-14)19(20(25)30)21(31)26-16-7-6-15(10-17(16)33-22(23)24)27-8-9-32-12-18(27)29/h6-7,10,13-14,19,22H,3-5,8-9,11-12H2,1-2H3,(H2,25,30)(H,26,31)/t19-/m0/s1. The lowest BCUT2D eigenvalue weighted by Crippen LogP contribution is -2.58. The average Bonchev–Trinajstić information content (AvgIpc) is 2.67. The van der Waals surface area contributed by atoms with Crippen molar-refractivity contribution in [2.75, 3.05) is 36.5 Å². The molecule has 3 rings (SSSR count). The maximum absolute atomic E-state index is 13.1. The number of nitrogens with two attached hydrogens (primary N) is 1. The first-order chi connectivity index (χ1) is 15.7. The summed E-state index contributed by atoms with van der Waals surface area (Å²) in [4.78, 5) is 40.7. The smallest absolute Gasteiger partial charge is 0.387 e. The summed E-state index contributed by atoms with van der Waals surface area (Å²) in [6, 6.07) is 2.93. The van der Waals surface area contributed by atoms with Crippen LogP contribution in [0.2, 0.25) is 0 Å². The predicted octanol–water partition coefficient (Wildman–Crippen LogP) is 1.95. The van der Waals surface area contributed by atoms with Crippen LogP contribution in [0.25, 0.3) is 0 Å². The minimum atomic E-state index is -3.16. The number of hydrogen-bond donors (Lipinski definition) is 2. The number of nitrogens with one attached hydrogen (secondary N) is 1. The number of nitrogens with zero attached hydrogens (tertiary/aromatic N) is 2. The summed E-state index contributed by atoms with van der Waals surface area (Å²) in [5.41, 5.74) is 5.88. The summed E-state index contributed by atoms with van der Waals surface area (Å²) >= 11 is 0. The summed E-state index contributed by atoms with van der Waals surface area (Å²) in [7, 11) is 0. The zero-order valence-corrected chi connectivity index (χ0v) is 18.8. The van der Waals surface area contributed by atoms with Crippen LogP contribution in [0, 0.1) is 5.92 Å². The second-order valence-electron chi connectivity index (χ2n) is 8.63. The Morgan fingerprint density at radius 2 is 2.06 bits per heavy atom. The van der Waals surface area contributed by atoms with Crippen LogP contribution in [-0.2, 0) is 19.1 Å². The molecule has 1 aromatic carbocycles. The van der Waals surface area contributed by atoms with Crippen LogP contribution in [0.5, 0.6) is 5.75 Å². The number of ether oxygens (including phenoxy) is 2. The van der Waals surface area contributed by atoms with E-state index in [1.807, 2.05) is 13.8 Å². The number of alkyl halides is 2. The van der Waals surface area contributed by atoms with Crippen LogP contribution in [0.15, 0.2) is 18.2 Å². The van der Waals surface area contributed by atoms with Gasteiger partial charge in [0, 0.05) is 30.9 Å². The Morgan fingerprint density at radius 3 is 2.61 bits per heavy atom. The molecule has 0 bridgehead atoms. The van der Waals surface area contributed by atoms with Crippen molar-refractivity contribution in [2.45, 2.75) is 51.8 Å². The number of carbonyl (C=O) groups excluding carboxylic acids is 3. The van der Waals surface area contributed by atoms with Gasteiger partial charge in [-0.15, -0.1) is 0 Å². The molecule has 0 aromatic heterocycles. The van der Waals surface area contributed by atoms with Gasteiger partial charge in [0.15, 0.2) is 11.8 Å². The first-order valence-electron chi connectivity index (χ1n) is 11.0. The lowest BCUT2D eigenvalue weighted by atomic mass is 9.89. The Bertz CT molecular complexity index is 878. The second-order valence-corrected chi connectivity index (χ2v) is 8.63. The van der Waals surface area contributed by atoms with E-state index in [9.17, 15) is 23.2 Å². The van der Waals surface area contributed by atoms with Crippen LogP contribution in [0.3, 0.4) is 0 Å². The van der Waals surface area contributed by atoms with E-state index in [1.165, 1.54) is 23.1 Å². The van der Waals surface area contributed by atoms with Gasteiger partial charge in [-0.3, -0.25) is 19.3 Å². The molecule has 1 atom stereocenters. The molecule has 2 aliphatic rings. The number of amides is 3. The first kappa shape index (κ1) is 24.8. The fourth-order valence-corrected chi connectivity index (χ4v) is 4.02. The highest BCUT2D eigenvalue weighted by molar-refractivity contribution is 6.10. The van der Waals surface area contributed by atoms with E-state index < -0.39 is 24.5 Å². The van der Waals surface area contributed by atoms with Crippen LogP contribution < -0.4 is 20.7 Å². The predicted molar refractivity (Wildman–Crippen MR) is 117 cm³/mol. The lowest BCUT2D eigenvalue weighted by Gasteiger charge is -2.41. The van der Waals surface area contributed by atoms with Crippen LogP contribution >= 0.6 is 0 Å². The van der Waals surface area contributed by atoms with E-state index in [-0.39, 0.29) is 42.5 Å². The Hall–Kier alpha value is -2.79. The highest BCUT2D eigenvalue weighted by atomic mass is 19.3. The van der Waals surface area contributed by atoms with Crippen molar-refractivity contribution < 1.29 is 32.6 Å². The van der Waals surface area contributed by atoms with Crippen molar-refractivity contribution in [3.05, 3.63) is 18.2 Å². The van der Waals surface area contributed by atoms with Crippen LogP contribution in [0.4, 0.5) is 20.2 Å². The molecular weight excluding hydrogens is 438 g/mol. The summed E-state index contributed by atoms with van der Waals surface area (Å²) in [5, 5.41) is 2.53. The van der Waals surface area contributed by atoms with Gasteiger partial charge in [0.2, 0.25) is 5.91 Å². The highest BCUT2D eigenvalue weighted by Gasteiger charge is 2.38. The minimum Gasteiger partial charge on any atom is -0.433 e. The Balaban J connectivity index is 1.86. The largest absolute Gasteiger partial charge is 0.433 e. The lowest BCUT2D eigenvalue weighted by molar-refractivity contribution is -0.135. The first-order valence-corrected chi connectivity index (χ1v) is 11.0. The van der Waals surface area contributed by atoms with Gasteiger partial charge in [0.05, 0.1) is 12.3 Å². The van der Waals surface area contributed by atoms with Crippen molar-refractivity contribution in [3.63, 3.8) is 0 Å². The van der Waals surface area contributed by atoms with E-state index in [0.717, 1.165) is 19.3 Å². The van der Waals surface area contributed by atoms with Crippen molar-refractivity contribution in [2.24, 2.45) is 11.7 Å². The van der Waals surface area contributed by atoms with Crippen LogP contribution in [-0.4, -0.2) is 67.6 Å². The fourth-order valence-electron chi connectivity index (χ4n) is 4.02. The van der Waals surface area contributed by atoms with Gasteiger partial charge in [-0.25, -0.2) is 0 Å². The minimum absolute atomic E-state index is 0.0471. The van der Waals surface area contributed by atoms with E-state index in [2.05, 4.69) is 10.1 Å². The number of primary amides is 1. The number of halogens is 2. The molecule has 33 heavy (non-hydrogen) atoms. The van der Waals surface area contributed by atoms with Gasteiger partial charge in [0.1, 0.15) is 6.61 Å². The summed E-state index contributed by atoms with van der Waals surface area (Å²) in [6.07, 6.45) is 2.71. The fraction of sp³-hybridized carbons (Fsp3) is 0.591. The van der Waals surface area contributed by atoms with Gasteiger partial charge in [0.25, 0.3) is 11.8 Å². The van der Waals surface area contributed by atoms with Crippen molar-refractivity contribution in [1.82, 2.24) is 4.90 Å². The molecule has 0 spiro atoms. The third-order valence-corrected chi connectivity index (χ3v) is 5.71. The van der Waals surface area contributed by atoms with Crippen molar-refractivity contribution in [3.8, 4) is 5.75 Å². The SMILES string of the molecule is CC(C)CN(C1CCC1)[C@@H](C(N)=O)C(=O)Nc1ccc(N2CCOCC2=O)cc1OC(F)F. The van der Waals surface area contributed by atoms with E-state index in [1.54, 1.807) is 4.90 Å². The summed E-state index contributed by atoms with van der Waals surface area (Å²) in [6.45, 7) is 1.73. The summed E-state index contributed by atoms with van der Waals surface area (Å²) in [5.74, 6) is -1.99. The maximum atomic E-state index is 13.1. The zero-order valence-electron chi connectivity index (χ0n) is 18.8. The molecule has 1 aliphatic carbocycles. The molecule has 0 radical (unpaired) electrons. The number of benzene rings is 1. The molecule has 0 unspecified atom stereocenters. The molecule has 182 valence electrons. The highest BCUT2D eigenvalue weighted by Crippen LogP contribution is 2.33. The van der Waals surface area contributed by atoms with E-state index >= 15 is 0 Å². The Labute approximate surface area is 191 Å². The van der Waals surface area contributed by atoms with Gasteiger partial charge >= 0.3 is 6.61 Å². The molecule has 3 amide bonds. The number of rotatable bonds is 10. The molecule has 11 heteroatoms. The monoisotopic (exact) mass is 468 g/mol. The van der Waals surface area contributed by atoms with Gasteiger partial charge in [-0.1, -0.05) is 20.3 Å². The molecule has 1 saturated carbocycles. The Kier molecular flexibility index (Phi) is 8.20. The molecule has 1 aromatic rings. The van der Waals surface area contributed by atoms with Gasteiger partial charge in [-0.05, 0) is 30.9 Å². The number of anilines is 2. The molecular formula is C22H30F2N4O5. The van der Waals surface area contributed by atoms with E-state index in [4.69, 9.17) is 10.5 Å². The zero-order chi connectivity index (χ0) is 24.1. The molecule has 9 nitrogen and oxygen atoms in total. The van der Waals surface area contributed by atoms with Gasteiger partial charge in [-0.2, -0.15) is 8.78 Å². The van der Waals surface area contributed by atoms with Crippen LogP contribution in [0.1, 0.15) is 33.1 Å². The third-order valence-electron chi connectivity index (χ3n) is 5.71. The average molecular weight is 469 g/mol. The molecule has 2 fully saturated rings. The summed E-state index contributed by atoms with van der Waals surface area (Å²) < 4.78 is 35.9. The van der Waals surface area contributed by atoms with Crippen molar-refractivity contribution in [1.29, 1.82) is 0 Å². The van der Waals surface area contributed by atoms with E-state index in [0.29, 0.717) is 18.8 Å². The topological polar surface area (TPSA) is 114 Å². The molecule has 1 saturated heterocycles. The second kappa shape index (κ2) is 10.9. The Morgan fingerprint density at radius 1 is 1.33 bits per heavy atom. The molecule has 1 aliphatic heterocycles. The normalized spacial score (nSPS) is 17.9. The van der Waals surface area contributed by atoms with Gasteiger partial charge < -0.3 is 25.4 Å². The quantitative estimate of drug-likeness (QED) is 0.508. The molecule has 1 heterocycles. The number of morpholine rings is 1. The maximum Gasteiger partial charge on any atom is 0.387 e. The number of carbonyl (C=O) groups is 3. The van der Waals surface area contributed by atoms with Crippen molar-refractivity contribution >= 4 is 29.1 Å².